The van der Waals surface area contributed by atoms with Crippen molar-refractivity contribution < 1.29 is 4.74 Å². The average molecular weight is 190 g/mol. The zero-order valence-electron chi connectivity index (χ0n) is 8.70. The lowest BCUT2D eigenvalue weighted by atomic mass is 10.2. The zero-order valence-corrected chi connectivity index (χ0v) is 8.70. The third kappa shape index (κ3) is 2.46. The molecule has 0 saturated heterocycles. The van der Waals surface area contributed by atoms with Crippen LogP contribution in [-0.2, 0) is 0 Å². The summed E-state index contributed by atoms with van der Waals surface area (Å²) in [6.45, 7) is 3.97. The highest BCUT2D eigenvalue weighted by Gasteiger charge is 2.01. The Labute approximate surface area is 83.9 Å². The van der Waals surface area contributed by atoms with E-state index < -0.39 is 0 Å². The molecule has 0 aliphatic heterocycles. The van der Waals surface area contributed by atoms with Gasteiger partial charge in [-0.05, 0) is 19.9 Å². The highest BCUT2D eigenvalue weighted by Crippen LogP contribution is 2.14. The van der Waals surface area contributed by atoms with E-state index in [1.165, 1.54) is 13.2 Å². The molecule has 0 aromatic heterocycles. The van der Waals surface area contributed by atoms with Crippen molar-refractivity contribution >= 4 is 6.08 Å². The lowest BCUT2D eigenvalue weighted by Crippen LogP contribution is -2.01. The summed E-state index contributed by atoms with van der Waals surface area (Å²) in [7, 11) is 1.51. The van der Waals surface area contributed by atoms with E-state index in [1.54, 1.807) is 6.07 Å². The maximum Gasteiger partial charge on any atom is 0.220 e. The van der Waals surface area contributed by atoms with Gasteiger partial charge in [-0.2, -0.15) is 0 Å². The lowest BCUT2D eigenvalue weighted by molar-refractivity contribution is 0.410. The van der Waals surface area contributed by atoms with Crippen molar-refractivity contribution in [2.75, 3.05) is 7.11 Å². The van der Waals surface area contributed by atoms with Gasteiger partial charge in [0, 0.05) is 5.56 Å². The molecule has 0 fully saturated rings. The summed E-state index contributed by atoms with van der Waals surface area (Å²) in [5.74, 6) is 0.399. The van der Waals surface area contributed by atoms with Gasteiger partial charge >= 0.3 is 0 Å². The van der Waals surface area contributed by atoms with Crippen molar-refractivity contribution in [1.82, 2.24) is 0 Å². The van der Waals surface area contributed by atoms with Gasteiger partial charge in [0.05, 0.1) is 7.11 Å². The average Bonchev–Trinajstić information content (AvgIpc) is 2.27. The van der Waals surface area contributed by atoms with Gasteiger partial charge in [0.1, 0.15) is 0 Å². The van der Waals surface area contributed by atoms with Crippen LogP contribution in [0.15, 0.2) is 34.6 Å². The molecule has 0 unspecified atom stereocenters. The zero-order chi connectivity index (χ0) is 10.6. The molecule has 0 saturated carbocycles. The first-order valence-corrected chi connectivity index (χ1v) is 4.47. The van der Waals surface area contributed by atoms with Crippen LogP contribution in [0.3, 0.4) is 0 Å². The van der Waals surface area contributed by atoms with Crippen molar-refractivity contribution in [2.24, 2.45) is 0 Å². The van der Waals surface area contributed by atoms with E-state index in [2.05, 4.69) is 0 Å². The van der Waals surface area contributed by atoms with Crippen LogP contribution in [0.4, 0.5) is 0 Å². The van der Waals surface area contributed by atoms with Crippen molar-refractivity contribution in [3.05, 3.63) is 45.6 Å². The van der Waals surface area contributed by atoms with Crippen LogP contribution in [0.5, 0.6) is 5.75 Å². The molecule has 0 aliphatic carbocycles. The van der Waals surface area contributed by atoms with Crippen LogP contribution in [0.2, 0.25) is 0 Å². The van der Waals surface area contributed by atoms with Gasteiger partial charge < -0.3 is 4.74 Å². The molecule has 0 aliphatic rings. The Morgan fingerprint density at radius 2 is 1.93 bits per heavy atom. The molecule has 0 bridgehead atoms. The molecule has 1 rings (SSSR count). The maximum absolute atomic E-state index is 11.5. The fourth-order valence-corrected chi connectivity index (χ4v) is 1.24. The first-order chi connectivity index (χ1) is 6.65. The van der Waals surface area contributed by atoms with Crippen LogP contribution in [0, 0.1) is 0 Å². The number of hydrogen-bond donors (Lipinski definition) is 0. The fraction of sp³-hybridized carbons (Fsp3) is 0.250. The minimum atomic E-state index is -0.0926. The second kappa shape index (κ2) is 4.61. The van der Waals surface area contributed by atoms with Crippen LogP contribution in [0.1, 0.15) is 19.4 Å². The number of rotatable bonds is 2. The van der Waals surface area contributed by atoms with Crippen molar-refractivity contribution in [3.8, 4) is 5.75 Å². The van der Waals surface area contributed by atoms with Crippen LogP contribution in [0.25, 0.3) is 6.08 Å². The highest BCUT2D eigenvalue weighted by molar-refractivity contribution is 5.58. The molecule has 0 spiro atoms. The van der Waals surface area contributed by atoms with E-state index in [-0.39, 0.29) is 5.43 Å². The van der Waals surface area contributed by atoms with Gasteiger partial charge in [0.25, 0.3) is 0 Å². The summed E-state index contributed by atoms with van der Waals surface area (Å²) < 4.78 is 5.08. The van der Waals surface area contributed by atoms with Crippen LogP contribution in [-0.4, -0.2) is 7.11 Å². The molecule has 2 nitrogen and oxygen atoms in total. The third-order valence-corrected chi connectivity index (χ3v) is 1.77. The first kappa shape index (κ1) is 10.5. The molecule has 0 atom stereocenters. The van der Waals surface area contributed by atoms with E-state index in [9.17, 15) is 4.79 Å². The van der Waals surface area contributed by atoms with Gasteiger partial charge in [-0.3, -0.25) is 4.79 Å². The SMILES string of the molecule is COc1c(C=C(C)C)ccccc1=O. The number of ether oxygens (including phenoxy) is 1. The smallest absolute Gasteiger partial charge is 0.220 e. The quantitative estimate of drug-likeness (QED) is 0.716. The van der Waals surface area contributed by atoms with Crippen LogP contribution < -0.4 is 10.2 Å². The Bertz CT molecular complexity index is 401. The third-order valence-electron chi connectivity index (χ3n) is 1.77. The van der Waals surface area contributed by atoms with Crippen molar-refractivity contribution in [2.45, 2.75) is 13.8 Å². The summed E-state index contributed by atoms with van der Waals surface area (Å²) in [6, 6.07) is 6.92. The molecule has 74 valence electrons. The maximum atomic E-state index is 11.5. The Hall–Kier alpha value is -1.57. The minimum absolute atomic E-state index is 0.0926. The molecule has 1 aromatic rings. The monoisotopic (exact) mass is 190 g/mol. The summed E-state index contributed by atoms with van der Waals surface area (Å²) in [6.07, 6.45) is 1.93. The largest absolute Gasteiger partial charge is 0.492 e. The topological polar surface area (TPSA) is 26.3 Å². The molecule has 0 heterocycles. The molecule has 0 radical (unpaired) electrons. The van der Waals surface area contributed by atoms with Crippen LogP contribution >= 0.6 is 0 Å². The standard InChI is InChI=1S/C12H14O2/c1-9(2)8-10-6-4-5-7-11(13)12(10)14-3/h4-8H,1-3H3. The van der Waals surface area contributed by atoms with Gasteiger partial charge in [-0.25, -0.2) is 0 Å². The molecular weight excluding hydrogens is 176 g/mol. The number of allylic oxidation sites excluding steroid dienone is 1. The van der Waals surface area contributed by atoms with Crippen molar-refractivity contribution in [1.29, 1.82) is 0 Å². The second-order valence-electron chi connectivity index (χ2n) is 3.29. The molecule has 2 heteroatoms. The Kier molecular flexibility index (Phi) is 3.46. The molecule has 14 heavy (non-hydrogen) atoms. The normalized spacial score (nSPS) is 9.36. The van der Waals surface area contributed by atoms with Gasteiger partial charge in [0.2, 0.25) is 5.43 Å². The number of methoxy groups -OCH3 is 1. The summed E-state index contributed by atoms with van der Waals surface area (Å²) in [5.41, 5.74) is 1.86. The van der Waals surface area contributed by atoms with E-state index in [0.717, 1.165) is 11.1 Å². The molecule has 0 N–H and O–H groups in total. The lowest BCUT2D eigenvalue weighted by Gasteiger charge is -1.99. The van der Waals surface area contributed by atoms with Gasteiger partial charge in [-0.15, -0.1) is 0 Å². The van der Waals surface area contributed by atoms with E-state index in [4.69, 9.17) is 4.74 Å². The fourth-order valence-electron chi connectivity index (χ4n) is 1.24. The summed E-state index contributed by atoms with van der Waals surface area (Å²) >= 11 is 0. The second-order valence-corrected chi connectivity index (χ2v) is 3.29. The van der Waals surface area contributed by atoms with E-state index in [0.29, 0.717) is 5.75 Å². The van der Waals surface area contributed by atoms with Crippen molar-refractivity contribution in [3.63, 3.8) is 0 Å². The predicted molar refractivity (Wildman–Crippen MR) is 58.6 cm³/mol. The Morgan fingerprint density at radius 1 is 1.29 bits per heavy atom. The van der Waals surface area contributed by atoms with Gasteiger partial charge in [0.15, 0.2) is 5.75 Å². The molecule has 1 aromatic carbocycles. The highest BCUT2D eigenvalue weighted by atomic mass is 16.5. The summed E-state index contributed by atoms with van der Waals surface area (Å²) in [4.78, 5) is 11.5. The number of hydrogen-bond acceptors (Lipinski definition) is 2. The first-order valence-electron chi connectivity index (χ1n) is 4.47. The molecule has 0 amide bonds. The van der Waals surface area contributed by atoms with Gasteiger partial charge in [-0.1, -0.05) is 29.8 Å². The Balaban J connectivity index is 3.44. The minimum Gasteiger partial charge on any atom is -0.492 e. The summed E-state index contributed by atoms with van der Waals surface area (Å²) in [5, 5.41) is 0. The molecular formula is C12H14O2. The predicted octanol–water partition coefficient (Wildman–Crippen LogP) is 2.48. The Morgan fingerprint density at radius 3 is 2.50 bits per heavy atom. The van der Waals surface area contributed by atoms with E-state index in [1.807, 2.05) is 32.1 Å². The van der Waals surface area contributed by atoms with E-state index >= 15 is 0 Å².